The number of alkyl carbamates (subject to hydrolysis) is 1. The zero-order chi connectivity index (χ0) is 27.3. The highest BCUT2D eigenvalue weighted by atomic mass is 28.3. The molecular formula is C28H42N6O3Si. The number of fused-ring (bicyclic) bond motifs is 1. The van der Waals surface area contributed by atoms with E-state index in [1.165, 1.54) is 0 Å². The number of nitrogens with zero attached hydrogens (tertiary/aromatic N) is 4. The lowest BCUT2D eigenvalue weighted by molar-refractivity contribution is 0.0492. The minimum absolute atomic E-state index is 0.120. The first kappa shape index (κ1) is 28.0. The Bertz CT molecular complexity index is 1210. The number of hydrogen-bond acceptors (Lipinski definition) is 7. The van der Waals surface area contributed by atoms with Gasteiger partial charge in [0.2, 0.25) is 5.95 Å². The molecule has 0 atom stereocenters. The molecule has 2 heterocycles. The van der Waals surface area contributed by atoms with Gasteiger partial charge >= 0.3 is 6.09 Å². The molecule has 38 heavy (non-hydrogen) atoms. The Balaban J connectivity index is 1.43. The fourth-order valence-electron chi connectivity index (χ4n) is 4.50. The number of carbonyl (C=O) groups excluding carboxylic acids is 1. The van der Waals surface area contributed by atoms with Crippen LogP contribution in [0.1, 0.15) is 46.5 Å². The van der Waals surface area contributed by atoms with Crippen molar-refractivity contribution in [3.63, 3.8) is 0 Å². The number of rotatable bonds is 9. The van der Waals surface area contributed by atoms with Gasteiger partial charge in [-0.3, -0.25) is 0 Å². The SMILES string of the molecule is CC(C)(C)OC(=O)NC1CCC(Nc2ncc3c(-c4ccccc4)nn(COCC[Si](C)(C)C)c3n2)CC1. The predicted octanol–water partition coefficient (Wildman–Crippen LogP) is 6.05. The van der Waals surface area contributed by atoms with Crippen molar-refractivity contribution in [2.45, 2.75) is 96.6 Å². The molecule has 4 rings (SSSR count). The van der Waals surface area contributed by atoms with Gasteiger partial charge in [-0.15, -0.1) is 0 Å². The number of anilines is 1. The van der Waals surface area contributed by atoms with Crippen LogP contribution in [0, 0.1) is 0 Å². The van der Waals surface area contributed by atoms with E-state index < -0.39 is 13.7 Å². The summed E-state index contributed by atoms with van der Waals surface area (Å²) in [7, 11) is -1.18. The maximum absolute atomic E-state index is 12.1. The van der Waals surface area contributed by atoms with Crippen LogP contribution in [0.15, 0.2) is 36.5 Å². The van der Waals surface area contributed by atoms with Gasteiger partial charge in [0, 0.05) is 38.5 Å². The van der Waals surface area contributed by atoms with Gasteiger partial charge in [0.05, 0.1) is 5.39 Å². The molecule has 0 unspecified atom stereocenters. The molecule has 1 aliphatic carbocycles. The van der Waals surface area contributed by atoms with Crippen molar-refractivity contribution >= 4 is 31.1 Å². The Kier molecular flexibility index (Phi) is 8.72. The summed E-state index contributed by atoms with van der Waals surface area (Å²) < 4.78 is 13.3. The largest absolute Gasteiger partial charge is 0.444 e. The van der Waals surface area contributed by atoms with Crippen LogP contribution in [0.25, 0.3) is 22.3 Å². The van der Waals surface area contributed by atoms with Gasteiger partial charge in [-0.2, -0.15) is 10.1 Å². The van der Waals surface area contributed by atoms with Crippen LogP contribution in [0.2, 0.25) is 25.7 Å². The third-order valence-electron chi connectivity index (χ3n) is 6.53. The second kappa shape index (κ2) is 11.8. The van der Waals surface area contributed by atoms with Crippen molar-refractivity contribution in [1.82, 2.24) is 25.1 Å². The van der Waals surface area contributed by atoms with Gasteiger partial charge in [-0.1, -0.05) is 50.0 Å². The van der Waals surface area contributed by atoms with Crippen molar-refractivity contribution < 1.29 is 14.3 Å². The van der Waals surface area contributed by atoms with Crippen LogP contribution in [0.4, 0.5) is 10.7 Å². The normalized spacial score (nSPS) is 18.4. The molecule has 1 saturated carbocycles. The molecule has 1 aliphatic rings. The van der Waals surface area contributed by atoms with E-state index in [1.807, 2.05) is 62.0 Å². The van der Waals surface area contributed by atoms with Gasteiger partial charge < -0.3 is 20.1 Å². The number of amides is 1. The van der Waals surface area contributed by atoms with Crippen LogP contribution in [-0.4, -0.2) is 58.2 Å². The van der Waals surface area contributed by atoms with E-state index in [9.17, 15) is 4.79 Å². The summed E-state index contributed by atoms with van der Waals surface area (Å²) in [5, 5.41) is 12.3. The summed E-state index contributed by atoms with van der Waals surface area (Å²) in [6.45, 7) is 13.7. The number of hydrogen-bond donors (Lipinski definition) is 2. The number of aromatic nitrogens is 4. The van der Waals surface area contributed by atoms with E-state index in [0.717, 1.165) is 54.0 Å². The van der Waals surface area contributed by atoms with Crippen LogP contribution >= 0.6 is 0 Å². The number of nitrogens with one attached hydrogen (secondary N) is 2. The summed E-state index contributed by atoms with van der Waals surface area (Å²) in [6, 6.07) is 11.6. The lowest BCUT2D eigenvalue weighted by atomic mass is 9.91. The first-order chi connectivity index (χ1) is 18.0. The molecule has 0 aliphatic heterocycles. The Labute approximate surface area is 226 Å². The Morgan fingerprint density at radius 2 is 1.76 bits per heavy atom. The minimum atomic E-state index is -1.18. The highest BCUT2D eigenvalue weighted by Gasteiger charge is 2.25. The van der Waals surface area contributed by atoms with Crippen LogP contribution < -0.4 is 10.6 Å². The molecule has 0 saturated heterocycles. The van der Waals surface area contributed by atoms with Crippen molar-refractivity contribution in [2.75, 3.05) is 11.9 Å². The van der Waals surface area contributed by atoms with Crippen molar-refractivity contribution in [3.05, 3.63) is 36.5 Å². The molecule has 0 radical (unpaired) electrons. The monoisotopic (exact) mass is 538 g/mol. The molecule has 1 fully saturated rings. The van der Waals surface area contributed by atoms with Crippen molar-refractivity contribution in [3.8, 4) is 11.3 Å². The Hall–Kier alpha value is -2.98. The minimum Gasteiger partial charge on any atom is -0.444 e. The molecule has 2 N–H and O–H groups in total. The van der Waals surface area contributed by atoms with Crippen LogP contribution in [0.5, 0.6) is 0 Å². The number of ether oxygens (including phenoxy) is 2. The maximum Gasteiger partial charge on any atom is 0.407 e. The van der Waals surface area contributed by atoms with Gasteiger partial charge in [-0.25, -0.2) is 14.5 Å². The molecule has 1 aromatic carbocycles. The standard InChI is InChI=1S/C28H42N6O3Si/c1-28(2,3)37-27(35)31-22-14-12-21(13-15-22)30-26-29-18-23-24(20-10-8-7-9-11-20)33-34(25(23)32-26)19-36-16-17-38(4,5)6/h7-11,18,21-22H,12-17,19H2,1-6H3,(H,31,35)(H,29,30,32). The molecule has 206 valence electrons. The summed E-state index contributed by atoms with van der Waals surface area (Å²) in [4.78, 5) is 21.6. The van der Waals surface area contributed by atoms with Crippen molar-refractivity contribution in [2.24, 2.45) is 0 Å². The van der Waals surface area contributed by atoms with E-state index in [-0.39, 0.29) is 18.2 Å². The highest BCUT2D eigenvalue weighted by Crippen LogP contribution is 2.28. The number of carbonyl (C=O) groups is 1. The lowest BCUT2D eigenvalue weighted by Gasteiger charge is -2.30. The molecule has 0 spiro atoms. The number of benzene rings is 1. The smallest absolute Gasteiger partial charge is 0.407 e. The summed E-state index contributed by atoms with van der Waals surface area (Å²) >= 11 is 0. The predicted molar refractivity (Wildman–Crippen MR) is 154 cm³/mol. The molecule has 9 nitrogen and oxygen atoms in total. The van der Waals surface area contributed by atoms with E-state index >= 15 is 0 Å². The first-order valence-electron chi connectivity index (χ1n) is 13.6. The summed E-state index contributed by atoms with van der Waals surface area (Å²) in [5.74, 6) is 0.587. The quantitative estimate of drug-likeness (QED) is 0.252. The van der Waals surface area contributed by atoms with E-state index in [4.69, 9.17) is 19.6 Å². The third-order valence-corrected chi connectivity index (χ3v) is 8.23. The van der Waals surface area contributed by atoms with E-state index in [1.54, 1.807) is 0 Å². The summed E-state index contributed by atoms with van der Waals surface area (Å²) in [5.41, 5.74) is 2.15. The van der Waals surface area contributed by atoms with Gasteiger partial charge in [0.25, 0.3) is 0 Å². The fraction of sp³-hybridized carbons (Fsp3) is 0.571. The second-order valence-electron chi connectivity index (χ2n) is 12.3. The van der Waals surface area contributed by atoms with Crippen LogP contribution in [0.3, 0.4) is 0 Å². The van der Waals surface area contributed by atoms with Gasteiger partial charge in [-0.05, 0) is 52.5 Å². The average molecular weight is 539 g/mol. The summed E-state index contributed by atoms with van der Waals surface area (Å²) in [6.07, 6.45) is 5.08. The molecule has 2 aromatic heterocycles. The molecule has 0 bridgehead atoms. The molecule has 3 aromatic rings. The van der Waals surface area contributed by atoms with Gasteiger partial charge in [0.15, 0.2) is 5.65 Å². The Morgan fingerprint density at radius 3 is 2.42 bits per heavy atom. The third kappa shape index (κ3) is 8.01. The van der Waals surface area contributed by atoms with Gasteiger partial charge in [0.1, 0.15) is 18.0 Å². The van der Waals surface area contributed by atoms with E-state index in [0.29, 0.717) is 19.3 Å². The molecular weight excluding hydrogens is 496 g/mol. The topological polar surface area (TPSA) is 103 Å². The van der Waals surface area contributed by atoms with E-state index in [2.05, 4.69) is 35.3 Å². The Morgan fingerprint density at radius 1 is 1.08 bits per heavy atom. The average Bonchev–Trinajstić information content (AvgIpc) is 3.20. The van der Waals surface area contributed by atoms with Crippen LogP contribution in [-0.2, 0) is 16.2 Å². The zero-order valence-corrected chi connectivity index (χ0v) is 24.6. The first-order valence-corrected chi connectivity index (χ1v) is 17.3. The molecule has 10 heteroatoms. The zero-order valence-electron chi connectivity index (χ0n) is 23.6. The van der Waals surface area contributed by atoms with Crippen molar-refractivity contribution in [1.29, 1.82) is 0 Å². The molecule has 1 amide bonds. The lowest BCUT2D eigenvalue weighted by Crippen LogP contribution is -2.42. The second-order valence-corrected chi connectivity index (χ2v) is 18.0. The fourth-order valence-corrected chi connectivity index (χ4v) is 5.25. The maximum atomic E-state index is 12.1. The highest BCUT2D eigenvalue weighted by molar-refractivity contribution is 6.76.